The molecule has 2 N–H and O–H groups in total. The van der Waals surface area contributed by atoms with Crippen molar-refractivity contribution in [3.8, 4) is 0 Å². The largest absolute Gasteiger partial charge is 0.444 e. The second-order valence-electron chi connectivity index (χ2n) is 7.05. The average Bonchev–Trinajstić information content (AvgIpc) is 2.51. The fourth-order valence-electron chi connectivity index (χ4n) is 2.59. The van der Waals surface area contributed by atoms with Gasteiger partial charge in [0, 0.05) is 12.6 Å². The van der Waals surface area contributed by atoms with Gasteiger partial charge >= 0.3 is 6.09 Å². The van der Waals surface area contributed by atoms with E-state index in [-0.39, 0.29) is 6.09 Å². The van der Waals surface area contributed by atoms with Gasteiger partial charge in [0.15, 0.2) is 0 Å². The molecule has 0 radical (unpaired) electrons. The Kier molecular flexibility index (Phi) is 7.35. The zero-order valence-electron chi connectivity index (χ0n) is 13.6. The average molecular weight is 284 g/mol. The van der Waals surface area contributed by atoms with Crippen LogP contribution in [0.15, 0.2) is 0 Å². The van der Waals surface area contributed by atoms with Crippen LogP contribution in [0, 0.1) is 5.92 Å². The summed E-state index contributed by atoms with van der Waals surface area (Å²) in [5.41, 5.74) is -0.417. The van der Waals surface area contributed by atoms with Gasteiger partial charge in [0.2, 0.25) is 0 Å². The summed E-state index contributed by atoms with van der Waals surface area (Å²) in [6, 6.07) is 0.668. The molecule has 118 valence electrons. The first kappa shape index (κ1) is 17.3. The Morgan fingerprint density at radius 2 is 1.90 bits per heavy atom. The summed E-state index contributed by atoms with van der Waals surface area (Å²) in [7, 11) is 0. The molecule has 0 aromatic rings. The summed E-state index contributed by atoms with van der Waals surface area (Å²) in [6.07, 6.45) is 7.28. The lowest BCUT2D eigenvalue weighted by atomic mass is 10.0. The van der Waals surface area contributed by atoms with E-state index in [4.69, 9.17) is 4.74 Å². The second kappa shape index (κ2) is 8.50. The zero-order chi connectivity index (χ0) is 15.0. The predicted octanol–water partition coefficient (Wildman–Crippen LogP) is 3.46. The Hall–Kier alpha value is -0.770. The van der Waals surface area contributed by atoms with Gasteiger partial charge in [-0.3, -0.25) is 0 Å². The second-order valence-corrected chi connectivity index (χ2v) is 7.05. The first-order valence-corrected chi connectivity index (χ1v) is 8.07. The zero-order valence-corrected chi connectivity index (χ0v) is 13.6. The molecule has 0 saturated heterocycles. The number of hydrogen-bond donors (Lipinski definition) is 2. The normalized spacial score (nSPS) is 24.0. The van der Waals surface area contributed by atoms with Crippen molar-refractivity contribution in [1.29, 1.82) is 0 Å². The number of amides is 1. The van der Waals surface area contributed by atoms with Gasteiger partial charge in [-0.15, -0.1) is 0 Å². The van der Waals surface area contributed by atoms with E-state index >= 15 is 0 Å². The van der Waals surface area contributed by atoms with Crippen LogP contribution in [0.4, 0.5) is 4.79 Å². The topological polar surface area (TPSA) is 50.4 Å². The quantitative estimate of drug-likeness (QED) is 0.600. The van der Waals surface area contributed by atoms with Gasteiger partial charge < -0.3 is 15.4 Å². The summed E-state index contributed by atoms with van der Waals surface area (Å²) in [6.45, 7) is 9.62. The third-order valence-corrected chi connectivity index (χ3v) is 3.71. The van der Waals surface area contributed by atoms with Crippen LogP contribution in [0.1, 0.15) is 66.2 Å². The highest BCUT2D eigenvalue weighted by Crippen LogP contribution is 2.22. The first-order valence-electron chi connectivity index (χ1n) is 8.07. The summed E-state index contributed by atoms with van der Waals surface area (Å²) in [5, 5.41) is 6.41. The van der Waals surface area contributed by atoms with Crippen LogP contribution in [0.3, 0.4) is 0 Å². The minimum absolute atomic E-state index is 0.319. The Balaban J connectivity index is 2.03. The molecule has 4 heteroatoms. The summed E-state index contributed by atoms with van der Waals surface area (Å²) < 4.78 is 5.19. The predicted molar refractivity (Wildman–Crippen MR) is 82.9 cm³/mol. The maximum absolute atomic E-state index is 11.5. The standard InChI is InChI=1S/C16H32N2O2/c1-13-7-5-8-14(10-9-13)17-11-6-12-18-15(19)20-16(2,3)4/h13-14,17H,5-12H2,1-4H3,(H,18,19). The number of carbonyl (C=O) groups excluding carboxylic acids is 1. The van der Waals surface area contributed by atoms with E-state index < -0.39 is 5.60 Å². The van der Waals surface area contributed by atoms with Crippen LogP contribution in [0.2, 0.25) is 0 Å². The van der Waals surface area contributed by atoms with Crippen molar-refractivity contribution in [3.05, 3.63) is 0 Å². The van der Waals surface area contributed by atoms with Crippen molar-refractivity contribution < 1.29 is 9.53 Å². The van der Waals surface area contributed by atoms with Crippen LogP contribution in [0.5, 0.6) is 0 Å². The van der Waals surface area contributed by atoms with Crippen LogP contribution in [-0.4, -0.2) is 30.8 Å². The van der Waals surface area contributed by atoms with E-state index in [9.17, 15) is 4.79 Å². The van der Waals surface area contributed by atoms with E-state index in [2.05, 4.69) is 17.6 Å². The van der Waals surface area contributed by atoms with E-state index in [0.29, 0.717) is 12.6 Å². The molecule has 1 amide bonds. The highest BCUT2D eigenvalue weighted by atomic mass is 16.6. The molecule has 0 spiro atoms. The van der Waals surface area contributed by atoms with Crippen molar-refractivity contribution in [2.75, 3.05) is 13.1 Å². The van der Waals surface area contributed by atoms with Gasteiger partial charge in [-0.25, -0.2) is 4.79 Å². The number of alkyl carbamates (subject to hydrolysis) is 1. The number of nitrogens with one attached hydrogen (secondary N) is 2. The maximum atomic E-state index is 11.5. The molecule has 0 aromatic carbocycles. The van der Waals surface area contributed by atoms with E-state index in [1.165, 1.54) is 32.1 Å². The minimum Gasteiger partial charge on any atom is -0.444 e. The third-order valence-electron chi connectivity index (χ3n) is 3.71. The van der Waals surface area contributed by atoms with Crippen molar-refractivity contribution >= 4 is 6.09 Å². The molecule has 0 bridgehead atoms. The summed E-state index contributed by atoms with van der Waals surface area (Å²) in [5.74, 6) is 0.885. The number of ether oxygens (including phenoxy) is 1. The molecule has 1 fully saturated rings. The number of hydrogen-bond acceptors (Lipinski definition) is 3. The lowest BCUT2D eigenvalue weighted by Crippen LogP contribution is -2.35. The van der Waals surface area contributed by atoms with Gasteiger partial charge in [0.1, 0.15) is 5.60 Å². The molecule has 4 nitrogen and oxygen atoms in total. The Bertz CT molecular complexity index is 287. The maximum Gasteiger partial charge on any atom is 0.407 e. The molecule has 20 heavy (non-hydrogen) atoms. The molecule has 1 aliphatic carbocycles. The number of carbonyl (C=O) groups is 1. The highest BCUT2D eigenvalue weighted by molar-refractivity contribution is 5.67. The molecule has 2 atom stereocenters. The molecule has 0 aromatic heterocycles. The van der Waals surface area contributed by atoms with Gasteiger partial charge in [0.05, 0.1) is 0 Å². The van der Waals surface area contributed by atoms with Crippen LogP contribution < -0.4 is 10.6 Å². The monoisotopic (exact) mass is 284 g/mol. The summed E-state index contributed by atoms with van der Waals surface area (Å²) >= 11 is 0. The van der Waals surface area contributed by atoms with Crippen LogP contribution >= 0.6 is 0 Å². The first-order chi connectivity index (χ1) is 9.37. The lowest BCUT2D eigenvalue weighted by Gasteiger charge is -2.20. The molecule has 1 aliphatic rings. The van der Waals surface area contributed by atoms with Gasteiger partial charge in [-0.05, 0) is 58.9 Å². The van der Waals surface area contributed by atoms with Crippen molar-refractivity contribution in [3.63, 3.8) is 0 Å². The van der Waals surface area contributed by atoms with Crippen molar-refractivity contribution in [2.45, 2.75) is 77.9 Å². The Labute approximate surface area is 124 Å². The Morgan fingerprint density at radius 3 is 2.60 bits per heavy atom. The van der Waals surface area contributed by atoms with Gasteiger partial charge in [0.25, 0.3) is 0 Å². The van der Waals surface area contributed by atoms with Crippen molar-refractivity contribution in [1.82, 2.24) is 10.6 Å². The van der Waals surface area contributed by atoms with E-state index in [1.54, 1.807) is 0 Å². The van der Waals surface area contributed by atoms with Crippen molar-refractivity contribution in [2.24, 2.45) is 5.92 Å². The summed E-state index contributed by atoms with van der Waals surface area (Å²) in [4.78, 5) is 11.5. The molecule has 1 saturated carbocycles. The molecule has 2 unspecified atom stereocenters. The molecule has 0 aliphatic heterocycles. The van der Waals surface area contributed by atoms with E-state index in [0.717, 1.165) is 18.9 Å². The molecule has 1 rings (SSSR count). The molecular formula is C16H32N2O2. The van der Waals surface area contributed by atoms with Crippen LogP contribution in [-0.2, 0) is 4.74 Å². The minimum atomic E-state index is -0.417. The smallest absolute Gasteiger partial charge is 0.407 e. The van der Waals surface area contributed by atoms with E-state index in [1.807, 2.05) is 20.8 Å². The fourth-order valence-corrected chi connectivity index (χ4v) is 2.59. The lowest BCUT2D eigenvalue weighted by molar-refractivity contribution is 0.0527. The molecule has 0 heterocycles. The Morgan fingerprint density at radius 1 is 1.15 bits per heavy atom. The molecular weight excluding hydrogens is 252 g/mol. The van der Waals surface area contributed by atoms with Crippen LogP contribution in [0.25, 0.3) is 0 Å². The fraction of sp³-hybridized carbons (Fsp3) is 0.938. The highest BCUT2D eigenvalue weighted by Gasteiger charge is 2.16. The van der Waals surface area contributed by atoms with Gasteiger partial charge in [-0.1, -0.05) is 19.8 Å². The third kappa shape index (κ3) is 8.41. The van der Waals surface area contributed by atoms with Gasteiger partial charge in [-0.2, -0.15) is 0 Å². The number of rotatable bonds is 5. The SMILES string of the molecule is CC1CCCC(NCCCNC(=O)OC(C)(C)C)CC1.